The predicted octanol–water partition coefficient (Wildman–Crippen LogP) is 7.73. The average molecular weight is 809 g/mol. The zero-order chi connectivity index (χ0) is 43.5. The Labute approximate surface area is 350 Å². The van der Waals surface area contributed by atoms with E-state index in [2.05, 4.69) is 47.4 Å². The number of nitriles is 2. The summed E-state index contributed by atoms with van der Waals surface area (Å²) in [6, 6.07) is 36.8. The molecule has 0 fully saturated rings. The number of nitrogens with zero attached hydrogens (tertiary/aromatic N) is 6. The second kappa shape index (κ2) is 19.2. The Morgan fingerprint density at radius 2 is 1.16 bits per heavy atom. The normalized spacial score (nSPS) is 12.4. The van der Waals surface area contributed by atoms with Gasteiger partial charge in [0.15, 0.2) is 11.4 Å². The number of rotatable bonds is 10. The molecule has 7 aromatic rings. The molecule has 0 saturated heterocycles. The van der Waals surface area contributed by atoms with E-state index in [9.17, 15) is 19.8 Å². The lowest BCUT2D eigenvalue weighted by Gasteiger charge is -2.23. The van der Waals surface area contributed by atoms with Crippen LogP contribution in [0.25, 0.3) is 42.7 Å². The van der Waals surface area contributed by atoms with Crippen LogP contribution in [-0.4, -0.2) is 50.5 Å². The third-order valence-electron chi connectivity index (χ3n) is 9.46. The fourth-order valence-corrected chi connectivity index (χ4v) is 6.27. The van der Waals surface area contributed by atoms with E-state index < -0.39 is 36.1 Å². The van der Waals surface area contributed by atoms with Crippen LogP contribution in [0.5, 0.6) is 0 Å². The van der Waals surface area contributed by atoms with E-state index in [4.69, 9.17) is 28.1 Å². The van der Waals surface area contributed by atoms with Gasteiger partial charge in [0.05, 0.1) is 48.6 Å². The first-order valence-electron chi connectivity index (χ1n) is 18.7. The van der Waals surface area contributed by atoms with E-state index in [1.165, 1.54) is 31.2 Å². The fourth-order valence-electron chi connectivity index (χ4n) is 6.27. The zero-order valence-electron chi connectivity index (χ0n) is 32.7. The van der Waals surface area contributed by atoms with Crippen LogP contribution in [0.1, 0.15) is 47.3 Å². The van der Waals surface area contributed by atoms with E-state index in [1.807, 2.05) is 60.7 Å². The minimum Gasteiger partial charge on any atom is -0.418 e. The molecule has 0 aliphatic rings. The zero-order valence-corrected chi connectivity index (χ0v) is 32.7. The predicted molar refractivity (Wildman–Crippen MR) is 229 cm³/mol. The van der Waals surface area contributed by atoms with Gasteiger partial charge in [-0.2, -0.15) is 10.5 Å². The standard InChI is InChI=1S/C23H19N5O3.C23H17N5O2/c1-14(29)21(23(31)28-27-22(30)16-9-7-15(13-24)8-10-16)26-20-12-11-19(25-2)17-5-3-4-6-18(17)20;1-14(29)21(23-28-27-22(30-23)16-9-7-15(13-24)8-10-16)26-20-12-11-19(25-2)17-5-3-4-6-18(17)20/h3-12,14,21,26,29H,1H3,(H,27,30)(H,28,31);3-12,14,21,26,29H,1H3/t2*14-,21-/m11/s1. The van der Waals surface area contributed by atoms with E-state index in [-0.39, 0.29) is 11.5 Å². The van der Waals surface area contributed by atoms with Crippen LogP contribution in [0.15, 0.2) is 126 Å². The molecule has 0 unspecified atom stereocenters. The molecule has 2 amide bonds. The smallest absolute Gasteiger partial charge is 0.269 e. The highest BCUT2D eigenvalue weighted by molar-refractivity contribution is 6.04. The van der Waals surface area contributed by atoms with Gasteiger partial charge in [-0.25, -0.2) is 9.69 Å². The molecule has 0 radical (unpaired) electrons. The summed E-state index contributed by atoms with van der Waals surface area (Å²) in [6.07, 6.45) is -1.90. The number of carbonyl (C=O) groups excluding carboxylic acids is 2. The van der Waals surface area contributed by atoms with Crippen LogP contribution in [0.3, 0.4) is 0 Å². The fraction of sp³-hybridized carbons (Fsp3) is 0.130. The monoisotopic (exact) mass is 808 g/mol. The first kappa shape index (κ1) is 42.0. The molecule has 7 rings (SSSR count). The van der Waals surface area contributed by atoms with Crippen molar-refractivity contribution in [1.82, 2.24) is 21.0 Å². The third kappa shape index (κ3) is 9.75. The molecular formula is C46H36N10O5. The molecule has 1 aromatic heterocycles. The maximum Gasteiger partial charge on any atom is 0.269 e. The number of hydrazine groups is 1. The van der Waals surface area contributed by atoms with Gasteiger partial charge < -0.3 is 25.3 Å². The Kier molecular flexibility index (Phi) is 13.2. The maximum atomic E-state index is 12.6. The van der Waals surface area contributed by atoms with Gasteiger partial charge in [-0.1, -0.05) is 60.7 Å². The molecule has 300 valence electrons. The molecule has 6 aromatic carbocycles. The van der Waals surface area contributed by atoms with Crippen LogP contribution >= 0.6 is 0 Å². The topological polar surface area (TPSA) is 218 Å². The largest absolute Gasteiger partial charge is 0.418 e. The third-order valence-corrected chi connectivity index (χ3v) is 9.46. The van der Waals surface area contributed by atoms with Crippen molar-refractivity contribution in [3.05, 3.63) is 167 Å². The van der Waals surface area contributed by atoms with Crippen molar-refractivity contribution in [2.24, 2.45) is 0 Å². The molecule has 61 heavy (non-hydrogen) atoms. The van der Waals surface area contributed by atoms with E-state index in [1.54, 1.807) is 49.4 Å². The Morgan fingerprint density at radius 1 is 0.656 bits per heavy atom. The van der Waals surface area contributed by atoms with Crippen LogP contribution in [0, 0.1) is 35.8 Å². The number of carbonyl (C=O) groups is 2. The maximum absolute atomic E-state index is 12.6. The summed E-state index contributed by atoms with van der Waals surface area (Å²) in [5.74, 6) is -0.665. The Morgan fingerprint density at radius 3 is 1.66 bits per heavy atom. The molecule has 0 spiro atoms. The molecule has 6 N–H and O–H groups in total. The lowest BCUT2D eigenvalue weighted by Crippen LogP contribution is -2.52. The summed E-state index contributed by atoms with van der Waals surface area (Å²) in [6.45, 7) is 17.8. The number of fused-ring (bicyclic) bond motifs is 2. The van der Waals surface area contributed by atoms with Crippen LogP contribution in [0.4, 0.5) is 22.7 Å². The lowest BCUT2D eigenvalue weighted by molar-refractivity contribution is -0.124. The molecule has 0 saturated carbocycles. The van der Waals surface area contributed by atoms with Gasteiger partial charge in [0.1, 0.15) is 12.1 Å². The SMILES string of the molecule is [C-]#[N+]c1ccc(N[C@@H](C(=O)NNC(=O)c2ccc(C#N)cc2)[C@@H](C)O)c2ccccc12.[C-]#[N+]c1ccc(N[C@@H](c2nnc(-c3ccc(C#N)cc3)o2)[C@@H](C)O)c2ccccc12. The van der Waals surface area contributed by atoms with E-state index >= 15 is 0 Å². The summed E-state index contributed by atoms with van der Waals surface area (Å²) in [5, 5.41) is 55.9. The number of nitrogens with one attached hydrogen (secondary N) is 4. The average Bonchev–Trinajstić information content (AvgIpc) is 3.79. The van der Waals surface area contributed by atoms with E-state index in [0.717, 1.165) is 27.2 Å². The number of benzene rings is 6. The van der Waals surface area contributed by atoms with Crippen molar-refractivity contribution in [3.63, 3.8) is 0 Å². The first-order valence-corrected chi connectivity index (χ1v) is 18.7. The van der Waals surface area contributed by atoms with Gasteiger partial charge in [-0.15, -0.1) is 10.2 Å². The van der Waals surface area contributed by atoms with Crippen molar-refractivity contribution in [3.8, 4) is 23.6 Å². The molecule has 15 heteroatoms. The lowest BCUT2D eigenvalue weighted by atomic mass is 10.1. The highest BCUT2D eigenvalue weighted by atomic mass is 16.4. The Hall–Kier alpha value is -8.60. The second-order valence-corrected chi connectivity index (χ2v) is 13.6. The number of hydrogen-bond acceptors (Lipinski definition) is 11. The van der Waals surface area contributed by atoms with Gasteiger partial charge in [0, 0.05) is 22.5 Å². The molecule has 4 atom stereocenters. The van der Waals surface area contributed by atoms with Gasteiger partial charge >= 0.3 is 0 Å². The molecular weight excluding hydrogens is 773 g/mol. The summed E-state index contributed by atoms with van der Waals surface area (Å²) in [4.78, 5) is 31.9. The number of aromatic nitrogens is 2. The van der Waals surface area contributed by atoms with Crippen molar-refractivity contribution < 1.29 is 24.2 Å². The Balaban J connectivity index is 0.000000204. The summed E-state index contributed by atoms with van der Waals surface area (Å²) in [5.41, 5.74) is 8.87. The van der Waals surface area contributed by atoms with Gasteiger partial charge in [0.2, 0.25) is 11.8 Å². The van der Waals surface area contributed by atoms with Gasteiger partial charge in [-0.3, -0.25) is 20.4 Å². The van der Waals surface area contributed by atoms with Crippen molar-refractivity contribution in [2.45, 2.75) is 38.1 Å². The number of amides is 2. The highest BCUT2D eigenvalue weighted by Gasteiger charge is 2.26. The van der Waals surface area contributed by atoms with Crippen LogP contribution in [-0.2, 0) is 4.79 Å². The molecule has 0 aliphatic heterocycles. The van der Waals surface area contributed by atoms with Crippen molar-refractivity contribution in [1.29, 1.82) is 10.5 Å². The summed E-state index contributed by atoms with van der Waals surface area (Å²) in [7, 11) is 0. The van der Waals surface area contributed by atoms with Crippen LogP contribution in [0.2, 0.25) is 0 Å². The molecule has 0 aliphatic carbocycles. The molecule has 1 heterocycles. The van der Waals surface area contributed by atoms with Crippen molar-refractivity contribution >= 4 is 56.1 Å². The Bertz CT molecular complexity index is 2880. The highest BCUT2D eigenvalue weighted by Crippen LogP contribution is 2.35. The molecule has 15 nitrogen and oxygen atoms in total. The summed E-state index contributed by atoms with van der Waals surface area (Å²) < 4.78 is 5.82. The number of aliphatic hydroxyl groups is 2. The summed E-state index contributed by atoms with van der Waals surface area (Å²) >= 11 is 0. The first-order chi connectivity index (χ1) is 29.5. The van der Waals surface area contributed by atoms with Crippen LogP contribution < -0.4 is 21.5 Å². The minimum absolute atomic E-state index is 0.239. The second-order valence-electron chi connectivity index (χ2n) is 13.6. The van der Waals surface area contributed by atoms with E-state index in [0.29, 0.717) is 39.6 Å². The van der Waals surface area contributed by atoms with Gasteiger partial charge in [-0.05, 0) is 96.1 Å². The van der Waals surface area contributed by atoms with Gasteiger partial charge in [0.25, 0.3) is 11.8 Å². The van der Waals surface area contributed by atoms with Crippen molar-refractivity contribution in [2.75, 3.05) is 10.6 Å². The number of anilines is 2. The quantitative estimate of drug-likeness (QED) is 0.0580. The minimum atomic E-state index is -1.08. The number of aliphatic hydroxyl groups excluding tert-OH is 2. The molecule has 0 bridgehead atoms. The number of hydrogen-bond donors (Lipinski definition) is 6.